The van der Waals surface area contributed by atoms with Gasteiger partial charge in [-0.05, 0) is 76.2 Å². The molecule has 0 saturated heterocycles. The maximum absolute atomic E-state index is 5.01. The Morgan fingerprint density at radius 3 is 2.42 bits per heavy atom. The minimum Gasteiger partial charge on any atom is -0.352 e. The maximum Gasteiger partial charge on any atom is 0.0900 e. The van der Waals surface area contributed by atoms with E-state index in [4.69, 9.17) is 9.98 Å². The summed E-state index contributed by atoms with van der Waals surface area (Å²) < 4.78 is 2.27. The summed E-state index contributed by atoms with van der Waals surface area (Å²) in [4.78, 5) is 14.4. The topological polar surface area (TPSA) is 55.1 Å². The van der Waals surface area contributed by atoms with Crippen LogP contribution in [0.3, 0.4) is 0 Å². The standard InChI is InChI=1S/C28H27N5/c1-18(2)30-25-17-28-26(16-24(25)31-22-9-7-15-29-20(22)4)32-23-8-5-6-10-27(23)33(28)21-13-11-19(3)12-14-21/h5-18,31H,1-4H3/b30-25+. The lowest BCUT2D eigenvalue weighted by atomic mass is 10.1. The third-order valence-corrected chi connectivity index (χ3v) is 5.66. The number of nitrogens with zero attached hydrogens (tertiary/aromatic N) is 4. The molecule has 0 radical (unpaired) electrons. The zero-order valence-electron chi connectivity index (χ0n) is 19.4. The van der Waals surface area contributed by atoms with Gasteiger partial charge in [0.25, 0.3) is 0 Å². The fraction of sp³-hybridized carbons (Fsp3) is 0.179. The van der Waals surface area contributed by atoms with Crippen molar-refractivity contribution in [2.24, 2.45) is 4.99 Å². The molecule has 33 heavy (non-hydrogen) atoms. The van der Waals surface area contributed by atoms with Gasteiger partial charge in [-0.3, -0.25) is 9.98 Å². The summed E-state index contributed by atoms with van der Waals surface area (Å²) in [7, 11) is 0. The Kier molecular flexibility index (Phi) is 5.38. The Morgan fingerprint density at radius 1 is 0.879 bits per heavy atom. The van der Waals surface area contributed by atoms with Crippen LogP contribution < -0.4 is 10.7 Å². The van der Waals surface area contributed by atoms with Gasteiger partial charge in [-0.2, -0.15) is 0 Å². The molecule has 2 aliphatic rings. The molecule has 0 amide bonds. The van der Waals surface area contributed by atoms with Crippen LogP contribution in [0.2, 0.25) is 0 Å². The first-order chi connectivity index (χ1) is 16.0. The van der Waals surface area contributed by atoms with Crippen molar-refractivity contribution in [3.05, 3.63) is 95.6 Å². The highest BCUT2D eigenvalue weighted by Crippen LogP contribution is 2.30. The monoisotopic (exact) mass is 433 g/mol. The number of rotatable bonds is 4. The van der Waals surface area contributed by atoms with Crippen molar-refractivity contribution in [1.82, 2.24) is 14.5 Å². The van der Waals surface area contributed by atoms with Crippen LogP contribution in [-0.4, -0.2) is 20.6 Å². The predicted molar refractivity (Wildman–Crippen MR) is 135 cm³/mol. The molecule has 2 heterocycles. The quantitative estimate of drug-likeness (QED) is 0.344. The second-order valence-corrected chi connectivity index (χ2v) is 8.61. The van der Waals surface area contributed by atoms with E-state index in [9.17, 15) is 0 Å². The number of hydrogen-bond acceptors (Lipinski definition) is 4. The van der Waals surface area contributed by atoms with Crippen molar-refractivity contribution in [3.8, 4) is 17.1 Å². The third kappa shape index (κ3) is 4.10. The molecule has 1 aromatic heterocycles. The van der Waals surface area contributed by atoms with Crippen molar-refractivity contribution >= 4 is 22.4 Å². The third-order valence-electron chi connectivity index (χ3n) is 5.66. The van der Waals surface area contributed by atoms with E-state index in [0.717, 1.165) is 50.5 Å². The van der Waals surface area contributed by atoms with E-state index in [1.807, 2.05) is 25.1 Å². The van der Waals surface area contributed by atoms with Gasteiger partial charge in [-0.25, -0.2) is 4.98 Å². The van der Waals surface area contributed by atoms with Crippen molar-refractivity contribution < 1.29 is 0 Å². The first-order valence-electron chi connectivity index (χ1n) is 11.2. The molecule has 1 aliphatic carbocycles. The number of anilines is 2. The van der Waals surface area contributed by atoms with Gasteiger partial charge in [0.1, 0.15) is 0 Å². The molecule has 5 heteroatoms. The molecule has 3 aromatic rings. The van der Waals surface area contributed by atoms with Crippen LogP contribution in [0.15, 0.2) is 84.0 Å². The highest BCUT2D eigenvalue weighted by molar-refractivity contribution is 5.84. The molecular formula is C28H27N5. The second-order valence-electron chi connectivity index (χ2n) is 8.61. The fourth-order valence-corrected chi connectivity index (χ4v) is 4.06. The molecule has 0 unspecified atom stereocenters. The molecule has 5 rings (SSSR count). The summed E-state index contributed by atoms with van der Waals surface area (Å²) in [5.41, 5.74) is 9.09. The van der Waals surface area contributed by atoms with Crippen molar-refractivity contribution in [3.63, 3.8) is 0 Å². The van der Waals surface area contributed by atoms with Gasteiger partial charge in [-0.1, -0.05) is 29.8 Å². The summed E-state index contributed by atoms with van der Waals surface area (Å²) in [5, 5.41) is 4.45. The Morgan fingerprint density at radius 2 is 1.67 bits per heavy atom. The number of aryl methyl sites for hydroxylation is 2. The maximum atomic E-state index is 5.01. The van der Waals surface area contributed by atoms with Gasteiger partial charge in [-0.15, -0.1) is 0 Å². The van der Waals surface area contributed by atoms with Gasteiger partial charge in [0, 0.05) is 17.9 Å². The Labute approximate surface area is 193 Å². The normalized spacial score (nSPS) is 12.1. The predicted octanol–water partition coefficient (Wildman–Crippen LogP) is 6.19. The van der Waals surface area contributed by atoms with E-state index in [0.29, 0.717) is 0 Å². The summed E-state index contributed by atoms with van der Waals surface area (Å²) >= 11 is 0. The number of pyridine rings is 1. The minimum atomic E-state index is 0.152. The smallest absolute Gasteiger partial charge is 0.0900 e. The largest absolute Gasteiger partial charge is 0.352 e. The van der Waals surface area contributed by atoms with Crippen LogP contribution in [0.25, 0.3) is 28.1 Å². The zero-order chi connectivity index (χ0) is 22.9. The van der Waals surface area contributed by atoms with Gasteiger partial charge in [0.2, 0.25) is 0 Å². The van der Waals surface area contributed by atoms with Gasteiger partial charge in [0.05, 0.1) is 44.8 Å². The summed E-state index contributed by atoms with van der Waals surface area (Å²) in [6.07, 6.45) is 1.80. The lowest BCUT2D eigenvalue weighted by molar-refractivity contribution is 0.806. The number of aromatic nitrogens is 3. The molecule has 0 spiro atoms. The van der Waals surface area contributed by atoms with Crippen molar-refractivity contribution in [2.45, 2.75) is 33.7 Å². The molecule has 0 saturated carbocycles. The van der Waals surface area contributed by atoms with E-state index < -0.39 is 0 Å². The highest BCUT2D eigenvalue weighted by Gasteiger charge is 2.17. The Bertz CT molecular complexity index is 1480. The Hall–Kier alpha value is -3.99. The SMILES string of the molecule is Cc1ccc(-n2c3c/c(=N\C(C)C)c(Nc4cccnc4C)cc-3nc3ccccc32)cc1. The van der Waals surface area contributed by atoms with Crippen LogP contribution in [0.5, 0.6) is 0 Å². The van der Waals surface area contributed by atoms with Gasteiger partial charge < -0.3 is 9.88 Å². The number of nitrogens with one attached hydrogen (secondary N) is 1. The van der Waals surface area contributed by atoms with Crippen LogP contribution in [-0.2, 0) is 0 Å². The second kappa shape index (κ2) is 8.51. The van der Waals surface area contributed by atoms with Crippen molar-refractivity contribution in [2.75, 3.05) is 5.32 Å². The molecule has 1 N–H and O–H groups in total. The number of para-hydroxylation sites is 2. The van der Waals surface area contributed by atoms with Crippen LogP contribution in [0, 0.1) is 13.8 Å². The number of fused-ring (bicyclic) bond motifs is 2. The summed E-state index contributed by atoms with van der Waals surface area (Å²) in [6, 6.07) is 25.2. The molecule has 0 fully saturated rings. The van der Waals surface area contributed by atoms with Gasteiger partial charge in [0.15, 0.2) is 0 Å². The lowest BCUT2D eigenvalue weighted by Gasteiger charge is -2.20. The molecular weight excluding hydrogens is 406 g/mol. The van der Waals surface area contributed by atoms with Crippen LogP contribution >= 0.6 is 0 Å². The van der Waals surface area contributed by atoms with Crippen LogP contribution in [0.4, 0.5) is 11.4 Å². The first-order valence-corrected chi connectivity index (χ1v) is 11.2. The summed E-state index contributed by atoms with van der Waals surface area (Å²) in [5.74, 6) is 0. The molecule has 1 aliphatic heterocycles. The van der Waals surface area contributed by atoms with E-state index in [2.05, 4.69) is 90.2 Å². The first kappa shape index (κ1) is 20.9. The average molecular weight is 434 g/mol. The minimum absolute atomic E-state index is 0.152. The van der Waals surface area contributed by atoms with E-state index in [1.165, 1.54) is 5.56 Å². The molecule has 0 bridgehead atoms. The van der Waals surface area contributed by atoms with E-state index in [-0.39, 0.29) is 6.04 Å². The number of hydrogen-bond donors (Lipinski definition) is 1. The average Bonchev–Trinajstić information content (AvgIpc) is 2.80. The fourth-order valence-electron chi connectivity index (χ4n) is 4.06. The lowest BCUT2D eigenvalue weighted by Crippen LogP contribution is -2.16. The molecule has 0 atom stereocenters. The van der Waals surface area contributed by atoms with E-state index >= 15 is 0 Å². The molecule has 164 valence electrons. The van der Waals surface area contributed by atoms with Crippen molar-refractivity contribution in [1.29, 1.82) is 0 Å². The molecule has 2 aromatic carbocycles. The number of benzene rings is 3. The van der Waals surface area contributed by atoms with Gasteiger partial charge >= 0.3 is 0 Å². The zero-order valence-corrected chi connectivity index (χ0v) is 19.4. The highest BCUT2D eigenvalue weighted by atomic mass is 15.0. The van der Waals surface area contributed by atoms with E-state index in [1.54, 1.807) is 6.20 Å². The Balaban J connectivity index is 1.83. The summed E-state index contributed by atoms with van der Waals surface area (Å²) in [6.45, 7) is 8.29. The molecule has 5 nitrogen and oxygen atoms in total. The van der Waals surface area contributed by atoms with Crippen LogP contribution in [0.1, 0.15) is 25.1 Å².